The van der Waals surface area contributed by atoms with Gasteiger partial charge >= 0.3 is 6.01 Å². The zero-order valence-electron chi connectivity index (χ0n) is 6.73. The van der Waals surface area contributed by atoms with Gasteiger partial charge in [-0.25, -0.2) is 4.98 Å². The van der Waals surface area contributed by atoms with Gasteiger partial charge in [-0.15, -0.1) is 0 Å². The SMILES string of the molecule is Nc1ccnc(OCC2CC2)n1. The lowest BCUT2D eigenvalue weighted by molar-refractivity contribution is 0.277. The summed E-state index contributed by atoms with van der Waals surface area (Å²) < 4.78 is 5.31. The first-order valence-electron chi connectivity index (χ1n) is 4.06. The number of nitrogens with two attached hydrogens (primary N) is 1. The quantitative estimate of drug-likeness (QED) is 0.721. The van der Waals surface area contributed by atoms with Crippen molar-refractivity contribution >= 4 is 5.82 Å². The van der Waals surface area contributed by atoms with Crippen molar-refractivity contribution in [2.24, 2.45) is 5.92 Å². The van der Waals surface area contributed by atoms with Gasteiger partial charge in [0.1, 0.15) is 5.82 Å². The van der Waals surface area contributed by atoms with Crippen molar-refractivity contribution in [1.29, 1.82) is 0 Å². The number of hydrogen-bond acceptors (Lipinski definition) is 4. The fourth-order valence-electron chi connectivity index (χ4n) is 0.900. The maximum absolute atomic E-state index is 5.45. The predicted octanol–water partition coefficient (Wildman–Crippen LogP) is 0.848. The molecule has 4 heteroatoms. The Bertz CT molecular complexity index is 273. The van der Waals surface area contributed by atoms with Crippen LogP contribution >= 0.6 is 0 Å². The smallest absolute Gasteiger partial charge is 0.318 e. The first-order chi connectivity index (χ1) is 5.84. The molecule has 0 unspecified atom stereocenters. The van der Waals surface area contributed by atoms with E-state index < -0.39 is 0 Å². The van der Waals surface area contributed by atoms with Gasteiger partial charge in [0, 0.05) is 6.20 Å². The van der Waals surface area contributed by atoms with E-state index in [4.69, 9.17) is 10.5 Å². The highest BCUT2D eigenvalue weighted by molar-refractivity contribution is 5.26. The van der Waals surface area contributed by atoms with E-state index in [0.29, 0.717) is 11.8 Å². The zero-order chi connectivity index (χ0) is 8.39. The van der Waals surface area contributed by atoms with Crippen LogP contribution in [0.25, 0.3) is 0 Å². The Morgan fingerprint density at radius 1 is 1.58 bits per heavy atom. The number of ether oxygens (including phenoxy) is 1. The number of aromatic nitrogens is 2. The summed E-state index contributed by atoms with van der Waals surface area (Å²) in [5.74, 6) is 1.17. The van der Waals surface area contributed by atoms with Crippen LogP contribution in [-0.4, -0.2) is 16.6 Å². The largest absolute Gasteiger partial charge is 0.463 e. The summed E-state index contributed by atoms with van der Waals surface area (Å²) in [6, 6.07) is 2.03. The van der Waals surface area contributed by atoms with Gasteiger partial charge in [0.2, 0.25) is 0 Å². The van der Waals surface area contributed by atoms with Gasteiger partial charge in [-0.2, -0.15) is 4.98 Å². The van der Waals surface area contributed by atoms with Crippen molar-refractivity contribution in [1.82, 2.24) is 9.97 Å². The molecule has 1 aliphatic carbocycles. The third kappa shape index (κ3) is 1.84. The third-order valence-electron chi connectivity index (χ3n) is 1.80. The Hall–Kier alpha value is -1.32. The lowest BCUT2D eigenvalue weighted by atomic mass is 10.5. The minimum atomic E-state index is 0.391. The Kier molecular flexibility index (Phi) is 1.81. The van der Waals surface area contributed by atoms with E-state index in [2.05, 4.69) is 9.97 Å². The number of hydrogen-bond donors (Lipinski definition) is 1. The Morgan fingerprint density at radius 2 is 2.42 bits per heavy atom. The molecule has 0 aromatic carbocycles. The normalized spacial score (nSPS) is 16.0. The second-order valence-corrected chi connectivity index (χ2v) is 3.02. The number of nitrogens with zero attached hydrogens (tertiary/aromatic N) is 2. The van der Waals surface area contributed by atoms with Crippen LogP contribution < -0.4 is 10.5 Å². The van der Waals surface area contributed by atoms with Gasteiger partial charge in [-0.05, 0) is 24.8 Å². The van der Waals surface area contributed by atoms with Crippen molar-refractivity contribution in [3.8, 4) is 6.01 Å². The van der Waals surface area contributed by atoms with Gasteiger partial charge in [0.05, 0.1) is 6.61 Å². The van der Waals surface area contributed by atoms with Crippen LogP contribution in [0, 0.1) is 5.92 Å². The van der Waals surface area contributed by atoms with Crippen LogP contribution in [0.3, 0.4) is 0 Å². The molecule has 12 heavy (non-hydrogen) atoms. The van der Waals surface area contributed by atoms with Gasteiger partial charge in [-0.1, -0.05) is 0 Å². The molecular weight excluding hydrogens is 154 g/mol. The van der Waals surface area contributed by atoms with Crippen LogP contribution in [0.1, 0.15) is 12.8 Å². The summed E-state index contributed by atoms with van der Waals surface area (Å²) in [5.41, 5.74) is 5.45. The molecule has 1 aliphatic rings. The molecule has 1 saturated carbocycles. The molecule has 1 fully saturated rings. The minimum Gasteiger partial charge on any atom is -0.463 e. The summed E-state index contributed by atoms with van der Waals surface area (Å²) in [4.78, 5) is 7.84. The first kappa shape index (κ1) is 7.34. The van der Waals surface area contributed by atoms with E-state index in [-0.39, 0.29) is 0 Å². The zero-order valence-corrected chi connectivity index (χ0v) is 6.73. The van der Waals surface area contributed by atoms with E-state index >= 15 is 0 Å². The number of nitrogen functional groups attached to an aromatic ring is 1. The van der Waals surface area contributed by atoms with Crippen molar-refractivity contribution in [3.05, 3.63) is 12.3 Å². The fourth-order valence-corrected chi connectivity index (χ4v) is 0.900. The molecule has 1 aromatic rings. The van der Waals surface area contributed by atoms with E-state index in [1.807, 2.05) is 0 Å². The Labute approximate surface area is 70.8 Å². The summed E-state index contributed by atoms with van der Waals surface area (Å²) >= 11 is 0. The Balaban J connectivity index is 1.92. The highest BCUT2D eigenvalue weighted by Gasteiger charge is 2.22. The maximum atomic E-state index is 5.45. The predicted molar refractivity (Wildman–Crippen MR) is 44.7 cm³/mol. The molecule has 4 nitrogen and oxygen atoms in total. The molecule has 0 saturated heterocycles. The molecule has 0 aliphatic heterocycles. The average Bonchev–Trinajstić information content (AvgIpc) is 2.84. The second-order valence-electron chi connectivity index (χ2n) is 3.02. The van der Waals surface area contributed by atoms with Gasteiger partial charge in [0.15, 0.2) is 0 Å². The molecule has 0 atom stereocenters. The molecule has 0 spiro atoms. The van der Waals surface area contributed by atoms with Crippen LogP contribution in [0.15, 0.2) is 12.3 Å². The monoisotopic (exact) mass is 165 g/mol. The number of rotatable bonds is 3. The third-order valence-corrected chi connectivity index (χ3v) is 1.80. The Morgan fingerprint density at radius 3 is 3.08 bits per heavy atom. The van der Waals surface area contributed by atoms with Crippen LogP contribution in [-0.2, 0) is 0 Å². The maximum Gasteiger partial charge on any atom is 0.318 e. The standard InChI is InChI=1S/C8H11N3O/c9-7-3-4-10-8(11-7)12-5-6-1-2-6/h3-4,6H,1-2,5H2,(H2,9,10,11). The second kappa shape index (κ2) is 2.97. The molecule has 0 radical (unpaired) electrons. The molecule has 0 amide bonds. The minimum absolute atomic E-state index is 0.391. The lowest BCUT2D eigenvalue weighted by Crippen LogP contribution is -2.03. The van der Waals surface area contributed by atoms with Crippen LogP contribution in [0.5, 0.6) is 6.01 Å². The summed E-state index contributed by atoms with van der Waals surface area (Å²) in [7, 11) is 0. The van der Waals surface area contributed by atoms with Gasteiger partial charge < -0.3 is 10.5 Å². The lowest BCUT2D eigenvalue weighted by Gasteiger charge is -2.01. The fraction of sp³-hybridized carbons (Fsp3) is 0.500. The van der Waals surface area contributed by atoms with Gasteiger partial charge in [-0.3, -0.25) is 0 Å². The molecular formula is C8H11N3O. The molecule has 1 aromatic heterocycles. The highest BCUT2D eigenvalue weighted by atomic mass is 16.5. The molecule has 2 rings (SSSR count). The van der Waals surface area contributed by atoms with Crippen LogP contribution in [0.2, 0.25) is 0 Å². The topological polar surface area (TPSA) is 61.0 Å². The van der Waals surface area contributed by atoms with Crippen molar-refractivity contribution in [3.63, 3.8) is 0 Å². The number of anilines is 1. The molecule has 64 valence electrons. The summed E-state index contributed by atoms with van der Waals surface area (Å²) in [5, 5.41) is 0. The van der Waals surface area contributed by atoms with Crippen molar-refractivity contribution in [2.45, 2.75) is 12.8 Å². The summed E-state index contributed by atoms with van der Waals surface area (Å²) in [6.45, 7) is 0.726. The van der Waals surface area contributed by atoms with Gasteiger partial charge in [0.25, 0.3) is 0 Å². The van der Waals surface area contributed by atoms with Crippen molar-refractivity contribution in [2.75, 3.05) is 12.3 Å². The molecule has 2 N–H and O–H groups in total. The average molecular weight is 165 g/mol. The van der Waals surface area contributed by atoms with E-state index in [9.17, 15) is 0 Å². The molecule has 1 heterocycles. The van der Waals surface area contributed by atoms with E-state index in [1.165, 1.54) is 12.8 Å². The van der Waals surface area contributed by atoms with Crippen LogP contribution in [0.4, 0.5) is 5.82 Å². The highest BCUT2D eigenvalue weighted by Crippen LogP contribution is 2.28. The van der Waals surface area contributed by atoms with E-state index in [0.717, 1.165) is 12.5 Å². The van der Waals surface area contributed by atoms with Crippen molar-refractivity contribution < 1.29 is 4.74 Å². The summed E-state index contributed by atoms with van der Waals surface area (Å²) in [6.07, 6.45) is 4.13. The first-order valence-corrected chi connectivity index (χ1v) is 4.06. The molecule has 0 bridgehead atoms. The van der Waals surface area contributed by atoms with E-state index in [1.54, 1.807) is 12.3 Å².